The summed E-state index contributed by atoms with van der Waals surface area (Å²) in [6, 6.07) is 12.8. The number of tetrazole rings is 1. The van der Waals surface area contributed by atoms with Crippen molar-refractivity contribution in [1.29, 1.82) is 0 Å². The van der Waals surface area contributed by atoms with Crippen LogP contribution in [0.25, 0.3) is 0 Å². The molecule has 1 aromatic carbocycles. The molecule has 1 aliphatic rings. The van der Waals surface area contributed by atoms with E-state index in [0.717, 1.165) is 50.7 Å². The van der Waals surface area contributed by atoms with Crippen molar-refractivity contribution in [3.05, 3.63) is 52.5 Å². The molecule has 3 aromatic rings. The van der Waals surface area contributed by atoms with Gasteiger partial charge in [-0.15, -0.1) is 16.4 Å². The average molecular weight is 399 g/mol. The number of anilines is 1. The Labute approximate surface area is 169 Å². The fraction of sp³-hybridized carbons (Fsp3) is 0.450. The molecule has 3 heterocycles. The minimum atomic E-state index is 0.243. The van der Waals surface area contributed by atoms with Crippen LogP contribution in [0.15, 0.2) is 41.8 Å². The molecule has 1 aliphatic heterocycles. The highest BCUT2D eigenvalue weighted by molar-refractivity contribution is 7.09. The Hall–Kier alpha value is -2.45. The quantitative estimate of drug-likeness (QED) is 0.610. The lowest BCUT2D eigenvalue weighted by Crippen LogP contribution is -2.48. The number of nitrogens with zero attached hydrogens (tertiary/aromatic N) is 6. The number of hydrogen-bond acceptors (Lipinski definition) is 7. The van der Waals surface area contributed by atoms with Gasteiger partial charge in [0.1, 0.15) is 5.75 Å². The highest BCUT2D eigenvalue weighted by Gasteiger charge is 2.28. The van der Waals surface area contributed by atoms with Crippen molar-refractivity contribution in [2.24, 2.45) is 0 Å². The van der Waals surface area contributed by atoms with Crippen LogP contribution in [-0.4, -0.2) is 58.4 Å². The van der Waals surface area contributed by atoms with E-state index in [0.29, 0.717) is 0 Å². The Morgan fingerprint density at radius 1 is 1.11 bits per heavy atom. The molecule has 0 radical (unpaired) electrons. The van der Waals surface area contributed by atoms with E-state index >= 15 is 0 Å². The van der Waals surface area contributed by atoms with Crippen molar-refractivity contribution in [3.63, 3.8) is 0 Å². The zero-order valence-corrected chi connectivity index (χ0v) is 17.2. The van der Waals surface area contributed by atoms with Gasteiger partial charge in [-0.05, 0) is 52.6 Å². The Bertz CT molecular complexity index is 855. The van der Waals surface area contributed by atoms with E-state index in [9.17, 15) is 0 Å². The van der Waals surface area contributed by atoms with E-state index in [2.05, 4.69) is 61.9 Å². The van der Waals surface area contributed by atoms with Crippen molar-refractivity contribution < 1.29 is 4.74 Å². The lowest BCUT2D eigenvalue weighted by molar-refractivity contribution is 0.169. The van der Waals surface area contributed by atoms with Crippen molar-refractivity contribution in [3.8, 4) is 5.75 Å². The molecule has 0 amide bonds. The van der Waals surface area contributed by atoms with Crippen molar-refractivity contribution >= 4 is 17.0 Å². The molecule has 1 atom stereocenters. The molecule has 0 unspecified atom stereocenters. The van der Waals surface area contributed by atoms with Crippen LogP contribution in [0, 0.1) is 0 Å². The molecule has 0 N–H and O–H groups in total. The van der Waals surface area contributed by atoms with Gasteiger partial charge in [0, 0.05) is 36.7 Å². The molecule has 1 saturated heterocycles. The average Bonchev–Trinajstić information content (AvgIpc) is 3.42. The van der Waals surface area contributed by atoms with Crippen molar-refractivity contribution in [2.45, 2.75) is 25.9 Å². The number of hydrogen-bond donors (Lipinski definition) is 0. The first-order chi connectivity index (χ1) is 13.8. The number of methoxy groups -OCH3 is 1. The molecule has 2 aromatic heterocycles. The van der Waals surface area contributed by atoms with E-state index in [4.69, 9.17) is 4.74 Å². The zero-order chi connectivity index (χ0) is 19.3. The number of thiophene rings is 1. The van der Waals surface area contributed by atoms with E-state index in [1.54, 1.807) is 18.4 Å². The summed E-state index contributed by atoms with van der Waals surface area (Å²) in [5.74, 6) is 1.86. The van der Waals surface area contributed by atoms with Crippen LogP contribution in [0.1, 0.15) is 30.1 Å². The Kier molecular flexibility index (Phi) is 5.87. The van der Waals surface area contributed by atoms with Crippen molar-refractivity contribution in [2.75, 3.05) is 38.2 Å². The molecule has 0 aliphatic carbocycles. The van der Waals surface area contributed by atoms with Gasteiger partial charge >= 0.3 is 0 Å². The molecular formula is C20H26N6OS. The summed E-state index contributed by atoms with van der Waals surface area (Å²) in [4.78, 5) is 6.21. The molecule has 4 rings (SSSR count). The van der Waals surface area contributed by atoms with E-state index < -0.39 is 0 Å². The third kappa shape index (κ3) is 4.02. The van der Waals surface area contributed by atoms with Gasteiger partial charge in [-0.25, -0.2) is 4.68 Å². The lowest BCUT2D eigenvalue weighted by atomic mass is 10.1. The predicted molar refractivity (Wildman–Crippen MR) is 111 cm³/mol. The van der Waals surface area contributed by atoms with Gasteiger partial charge in [0.05, 0.1) is 19.7 Å². The summed E-state index contributed by atoms with van der Waals surface area (Å²) in [5, 5.41) is 14.7. The summed E-state index contributed by atoms with van der Waals surface area (Å²) >= 11 is 1.74. The molecule has 7 nitrogen and oxygen atoms in total. The third-order valence-corrected chi connectivity index (χ3v) is 6.18. The SMILES string of the molecule is CC[C@H](c1nnnn1Cc1cccs1)N1CCN(c2ccc(OC)cc2)CC1. The van der Waals surface area contributed by atoms with Gasteiger partial charge in [0.15, 0.2) is 5.82 Å². The minimum Gasteiger partial charge on any atom is -0.497 e. The molecule has 28 heavy (non-hydrogen) atoms. The molecule has 0 spiro atoms. The Morgan fingerprint density at radius 3 is 2.54 bits per heavy atom. The zero-order valence-electron chi connectivity index (χ0n) is 16.4. The first-order valence-corrected chi connectivity index (χ1v) is 10.6. The van der Waals surface area contributed by atoms with E-state index in [-0.39, 0.29) is 6.04 Å². The molecular weight excluding hydrogens is 372 g/mol. The third-order valence-electron chi connectivity index (χ3n) is 5.32. The maximum atomic E-state index is 5.26. The fourth-order valence-corrected chi connectivity index (χ4v) is 4.49. The molecule has 8 heteroatoms. The van der Waals surface area contributed by atoms with E-state index in [1.165, 1.54) is 10.6 Å². The smallest absolute Gasteiger partial charge is 0.168 e. The van der Waals surface area contributed by atoms with Crippen LogP contribution in [0.4, 0.5) is 5.69 Å². The number of piperazine rings is 1. The standard InChI is InChI=1S/C20H26N6OS/c1-3-19(20-21-22-23-26(20)15-18-5-4-14-28-18)25-12-10-24(11-13-25)16-6-8-17(27-2)9-7-16/h4-9,14,19H,3,10-13,15H2,1-2H3/t19-/m1/s1. The van der Waals surface area contributed by atoms with Crippen LogP contribution < -0.4 is 9.64 Å². The maximum absolute atomic E-state index is 5.26. The largest absolute Gasteiger partial charge is 0.497 e. The summed E-state index contributed by atoms with van der Waals surface area (Å²) < 4.78 is 7.22. The summed E-state index contributed by atoms with van der Waals surface area (Å²) in [6.07, 6.45) is 0.993. The van der Waals surface area contributed by atoms with Crippen molar-refractivity contribution in [1.82, 2.24) is 25.1 Å². The van der Waals surface area contributed by atoms with Crippen LogP contribution in [-0.2, 0) is 6.54 Å². The number of rotatable bonds is 7. The predicted octanol–water partition coefficient (Wildman–Crippen LogP) is 3.06. The monoisotopic (exact) mass is 398 g/mol. The van der Waals surface area contributed by atoms with Crippen LogP contribution in [0.5, 0.6) is 5.75 Å². The van der Waals surface area contributed by atoms with Gasteiger partial charge in [0.25, 0.3) is 0 Å². The first kappa shape index (κ1) is 18.9. The van der Waals surface area contributed by atoms with Crippen LogP contribution in [0.3, 0.4) is 0 Å². The minimum absolute atomic E-state index is 0.243. The molecule has 1 fully saturated rings. The number of benzene rings is 1. The number of ether oxygens (including phenoxy) is 1. The topological polar surface area (TPSA) is 59.3 Å². The Balaban J connectivity index is 1.42. The van der Waals surface area contributed by atoms with Crippen LogP contribution in [0.2, 0.25) is 0 Å². The summed E-state index contributed by atoms with van der Waals surface area (Å²) in [6.45, 7) is 6.93. The molecule has 0 bridgehead atoms. The normalized spacial score (nSPS) is 16.3. The van der Waals surface area contributed by atoms with Gasteiger partial charge < -0.3 is 9.64 Å². The first-order valence-electron chi connectivity index (χ1n) is 9.70. The fourth-order valence-electron chi connectivity index (χ4n) is 3.80. The van der Waals surface area contributed by atoms with Gasteiger partial charge in [-0.3, -0.25) is 4.90 Å². The number of aromatic nitrogens is 4. The van der Waals surface area contributed by atoms with Gasteiger partial charge in [-0.1, -0.05) is 13.0 Å². The van der Waals surface area contributed by atoms with E-state index in [1.807, 2.05) is 16.8 Å². The molecule has 148 valence electrons. The maximum Gasteiger partial charge on any atom is 0.168 e. The lowest BCUT2D eigenvalue weighted by Gasteiger charge is -2.39. The second kappa shape index (κ2) is 8.70. The van der Waals surface area contributed by atoms with Gasteiger partial charge in [0.2, 0.25) is 0 Å². The van der Waals surface area contributed by atoms with Crippen LogP contribution >= 0.6 is 11.3 Å². The summed E-state index contributed by atoms with van der Waals surface area (Å²) in [5.41, 5.74) is 1.25. The Morgan fingerprint density at radius 2 is 1.89 bits per heavy atom. The second-order valence-electron chi connectivity index (χ2n) is 6.92. The molecule has 0 saturated carbocycles. The highest BCUT2D eigenvalue weighted by Crippen LogP contribution is 2.26. The second-order valence-corrected chi connectivity index (χ2v) is 7.95. The van der Waals surface area contributed by atoms with Gasteiger partial charge in [-0.2, -0.15) is 0 Å². The highest BCUT2D eigenvalue weighted by atomic mass is 32.1. The summed E-state index contributed by atoms with van der Waals surface area (Å²) in [7, 11) is 1.70.